The molecule has 32 heavy (non-hydrogen) atoms. The van der Waals surface area contributed by atoms with Crippen LogP contribution in [0, 0.1) is 13.8 Å². The van der Waals surface area contributed by atoms with Crippen LogP contribution >= 0.6 is 11.8 Å². The van der Waals surface area contributed by atoms with E-state index in [2.05, 4.69) is 128 Å². The average molecular weight is 434 g/mol. The normalized spacial score (nSPS) is 11.3. The SMILES string of the molecule is Cc1ccc(C)c(Cn2cc(SC(c3ccccc3)c3ccccc3)c3ccccc32)c1. The van der Waals surface area contributed by atoms with Gasteiger partial charge in [0, 0.05) is 28.5 Å². The van der Waals surface area contributed by atoms with E-state index in [-0.39, 0.29) is 5.25 Å². The molecule has 2 heteroatoms. The molecule has 5 rings (SSSR count). The van der Waals surface area contributed by atoms with Crippen molar-refractivity contribution in [3.05, 3.63) is 137 Å². The number of aromatic nitrogens is 1. The van der Waals surface area contributed by atoms with E-state index in [1.807, 2.05) is 11.8 Å². The molecule has 0 saturated carbocycles. The van der Waals surface area contributed by atoms with Crippen LogP contribution in [-0.4, -0.2) is 4.57 Å². The van der Waals surface area contributed by atoms with Gasteiger partial charge in [-0.3, -0.25) is 0 Å². The maximum Gasteiger partial charge on any atom is 0.0594 e. The van der Waals surface area contributed by atoms with Crippen molar-refractivity contribution >= 4 is 22.7 Å². The van der Waals surface area contributed by atoms with Gasteiger partial charge in [0.15, 0.2) is 0 Å². The lowest BCUT2D eigenvalue weighted by molar-refractivity contribution is 0.822. The Labute approximate surface area is 194 Å². The van der Waals surface area contributed by atoms with Crippen LogP contribution in [0.4, 0.5) is 0 Å². The molecule has 0 N–H and O–H groups in total. The van der Waals surface area contributed by atoms with E-state index in [1.54, 1.807) is 0 Å². The second kappa shape index (κ2) is 9.10. The highest BCUT2D eigenvalue weighted by molar-refractivity contribution is 8.00. The first-order chi connectivity index (χ1) is 15.7. The summed E-state index contributed by atoms with van der Waals surface area (Å²) in [4.78, 5) is 1.32. The van der Waals surface area contributed by atoms with Gasteiger partial charge in [-0.2, -0.15) is 0 Å². The largest absolute Gasteiger partial charge is 0.342 e. The minimum atomic E-state index is 0.248. The van der Waals surface area contributed by atoms with Gasteiger partial charge >= 0.3 is 0 Å². The van der Waals surface area contributed by atoms with Gasteiger partial charge in [-0.05, 0) is 42.2 Å². The predicted octanol–water partition coefficient (Wildman–Crippen LogP) is 8.19. The summed E-state index contributed by atoms with van der Waals surface area (Å²) in [6, 6.07) is 37.2. The number of thioether (sulfide) groups is 1. The van der Waals surface area contributed by atoms with Crippen molar-refractivity contribution in [1.82, 2.24) is 4.57 Å². The molecule has 0 unspecified atom stereocenters. The fourth-order valence-corrected chi connectivity index (χ4v) is 5.63. The Hall–Kier alpha value is -3.23. The van der Waals surface area contributed by atoms with Crippen LogP contribution in [0.3, 0.4) is 0 Å². The molecule has 0 amide bonds. The molecule has 0 radical (unpaired) electrons. The van der Waals surface area contributed by atoms with Crippen molar-refractivity contribution in [3.8, 4) is 0 Å². The third-order valence-corrected chi connectivity index (χ3v) is 7.41. The van der Waals surface area contributed by atoms with E-state index in [4.69, 9.17) is 0 Å². The van der Waals surface area contributed by atoms with E-state index >= 15 is 0 Å². The monoisotopic (exact) mass is 433 g/mol. The number of hydrogen-bond acceptors (Lipinski definition) is 1. The van der Waals surface area contributed by atoms with E-state index in [1.165, 1.54) is 43.6 Å². The lowest BCUT2D eigenvalue weighted by Gasteiger charge is -2.17. The first kappa shape index (κ1) is 20.7. The zero-order valence-electron chi connectivity index (χ0n) is 18.5. The number of fused-ring (bicyclic) bond motifs is 1. The van der Waals surface area contributed by atoms with Crippen molar-refractivity contribution in [2.75, 3.05) is 0 Å². The minimum Gasteiger partial charge on any atom is -0.342 e. The third kappa shape index (κ3) is 4.24. The Bertz CT molecular complexity index is 1300. The molecule has 4 aromatic carbocycles. The maximum absolute atomic E-state index is 2.41. The molecule has 0 aliphatic heterocycles. The first-order valence-electron chi connectivity index (χ1n) is 11.1. The van der Waals surface area contributed by atoms with E-state index in [0.29, 0.717) is 0 Å². The number of hydrogen-bond donors (Lipinski definition) is 0. The van der Waals surface area contributed by atoms with Crippen molar-refractivity contribution in [3.63, 3.8) is 0 Å². The van der Waals surface area contributed by atoms with Crippen LogP contribution in [0.15, 0.2) is 114 Å². The second-order valence-corrected chi connectivity index (χ2v) is 9.53. The number of aryl methyl sites for hydroxylation is 2. The summed E-state index contributed by atoms with van der Waals surface area (Å²) in [5.74, 6) is 0. The zero-order chi connectivity index (χ0) is 21.9. The summed E-state index contributed by atoms with van der Waals surface area (Å²) in [6.45, 7) is 5.26. The Balaban J connectivity index is 1.57. The third-order valence-electron chi connectivity index (χ3n) is 6.05. The van der Waals surface area contributed by atoms with E-state index < -0.39 is 0 Å². The van der Waals surface area contributed by atoms with Crippen molar-refractivity contribution in [1.29, 1.82) is 0 Å². The average Bonchev–Trinajstić information content (AvgIpc) is 3.18. The quantitative estimate of drug-likeness (QED) is 0.244. The zero-order valence-corrected chi connectivity index (χ0v) is 19.3. The summed E-state index contributed by atoms with van der Waals surface area (Å²) in [6.07, 6.45) is 2.34. The number of rotatable bonds is 6. The molecule has 0 aliphatic carbocycles. The van der Waals surface area contributed by atoms with Gasteiger partial charge < -0.3 is 4.57 Å². The molecule has 0 saturated heterocycles. The number of nitrogens with zero attached hydrogens (tertiary/aromatic N) is 1. The molecule has 5 aromatic rings. The van der Waals surface area contributed by atoms with Gasteiger partial charge in [0.1, 0.15) is 0 Å². The molecule has 0 spiro atoms. The van der Waals surface area contributed by atoms with Crippen LogP contribution in [0.2, 0.25) is 0 Å². The summed E-state index contributed by atoms with van der Waals surface area (Å²) in [5.41, 5.74) is 7.98. The maximum atomic E-state index is 2.41. The highest BCUT2D eigenvalue weighted by Crippen LogP contribution is 2.43. The molecule has 0 fully saturated rings. The van der Waals surface area contributed by atoms with Crippen LogP contribution in [0.25, 0.3) is 10.9 Å². The van der Waals surface area contributed by atoms with Gasteiger partial charge in [0.25, 0.3) is 0 Å². The molecule has 0 bridgehead atoms. The molecule has 1 aromatic heterocycles. The lowest BCUT2D eigenvalue weighted by atomic mass is 10.0. The number of benzene rings is 4. The van der Waals surface area contributed by atoms with Crippen LogP contribution < -0.4 is 0 Å². The molecule has 0 aliphatic rings. The summed E-state index contributed by atoms with van der Waals surface area (Å²) >= 11 is 1.94. The molecular formula is C30H27NS. The smallest absolute Gasteiger partial charge is 0.0594 e. The summed E-state index contributed by atoms with van der Waals surface area (Å²) in [5, 5.41) is 1.57. The minimum absolute atomic E-state index is 0.248. The molecule has 158 valence electrons. The fourth-order valence-electron chi connectivity index (χ4n) is 4.30. The van der Waals surface area contributed by atoms with Gasteiger partial charge in [0.05, 0.1) is 5.25 Å². The fraction of sp³-hybridized carbons (Fsp3) is 0.133. The van der Waals surface area contributed by atoms with Gasteiger partial charge in [-0.15, -0.1) is 11.8 Å². The van der Waals surface area contributed by atoms with Crippen LogP contribution in [0.1, 0.15) is 33.1 Å². The highest BCUT2D eigenvalue weighted by atomic mass is 32.2. The van der Waals surface area contributed by atoms with Crippen molar-refractivity contribution < 1.29 is 0 Å². The predicted molar refractivity (Wildman–Crippen MR) is 138 cm³/mol. The molecule has 0 atom stereocenters. The summed E-state index contributed by atoms with van der Waals surface area (Å²) < 4.78 is 2.41. The topological polar surface area (TPSA) is 4.93 Å². The van der Waals surface area contributed by atoms with Gasteiger partial charge in [0.2, 0.25) is 0 Å². The molecule has 1 heterocycles. The number of para-hydroxylation sites is 1. The van der Waals surface area contributed by atoms with Crippen molar-refractivity contribution in [2.24, 2.45) is 0 Å². The van der Waals surface area contributed by atoms with E-state index in [0.717, 1.165) is 6.54 Å². The van der Waals surface area contributed by atoms with Crippen LogP contribution in [0.5, 0.6) is 0 Å². The first-order valence-corrected chi connectivity index (χ1v) is 12.0. The molecule has 1 nitrogen and oxygen atoms in total. The lowest BCUT2D eigenvalue weighted by Crippen LogP contribution is -2.00. The Morgan fingerprint density at radius 3 is 2.03 bits per heavy atom. The summed E-state index contributed by atoms with van der Waals surface area (Å²) in [7, 11) is 0. The van der Waals surface area contributed by atoms with Gasteiger partial charge in [-0.25, -0.2) is 0 Å². The standard InChI is InChI=1S/C30H27NS/c1-22-17-18-23(2)26(19-22)20-31-21-29(27-15-9-10-16-28(27)31)32-30(24-11-5-3-6-12-24)25-13-7-4-8-14-25/h3-19,21,30H,20H2,1-2H3. The van der Waals surface area contributed by atoms with Crippen LogP contribution in [-0.2, 0) is 6.54 Å². The van der Waals surface area contributed by atoms with E-state index in [9.17, 15) is 0 Å². The highest BCUT2D eigenvalue weighted by Gasteiger charge is 2.19. The Kier molecular flexibility index (Phi) is 5.87. The molecular weight excluding hydrogens is 406 g/mol. The second-order valence-electron chi connectivity index (χ2n) is 8.39. The van der Waals surface area contributed by atoms with Crippen molar-refractivity contribution in [2.45, 2.75) is 30.5 Å². The Morgan fingerprint density at radius 1 is 0.719 bits per heavy atom. The van der Waals surface area contributed by atoms with Gasteiger partial charge in [-0.1, -0.05) is 103 Å². The Morgan fingerprint density at radius 2 is 1.34 bits per heavy atom.